The van der Waals surface area contributed by atoms with Crippen LogP contribution in [0.4, 0.5) is 0 Å². The minimum absolute atomic E-state index is 0.228. The molecule has 0 bridgehead atoms. The van der Waals surface area contributed by atoms with Gasteiger partial charge >= 0.3 is 5.97 Å². The van der Waals surface area contributed by atoms with E-state index in [9.17, 15) is 4.79 Å². The molecule has 0 saturated heterocycles. The van der Waals surface area contributed by atoms with E-state index in [0.29, 0.717) is 24.7 Å². The molecule has 1 heterocycles. The first-order valence-corrected chi connectivity index (χ1v) is 6.86. The van der Waals surface area contributed by atoms with Gasteiger partial charge in [0.25, 0.3) is 0 Å². The van der Waals surface area contributed by atoms with Crippen LogP contribution in [-0.4, -0.2) is 22.7 Å². The predicted molar refractivity (Wildman–Crippen MR) is 71.7 cm³/mol. The summed E-state index contributed by atoms with van der Waals surface area (Å²) in [4.78, 5) is 16.1. The highest BCUT2D eigenvalue weighted by atomic mass is 16.5. The number of carbonyl (C=O) groups excluding carboxylic acids is 1. The number of aryl methyl sites for hydroxylation is 1. The number of ether oxygens (including phenoxy) is 1. The molecule has 1 unspecified atom stereocenters. The minimum atomic E-state index is -0.448. The first kappa shape index (κ1) is 15.7. The van der Waals surface area contributed by atoms with Crippen molar-refractivity contribution in [1.29, 1.82) is 0 Å². The highest BCUT2D eigenvalue weighted by Crippen LogP contribution is 2.23. The van der Waals surface area contributed by atoms with Crippen molar-refractivity contribution in [2.45, 2.75) is 59.8 Å². The fourth-order valence-corrected chi connectivity index (χ4v) is 1.68. The van der Waals surface area contributed by atoms with Crippen molar-refractivity contribution >= 4 is 5.97 Å². The number of aromatic nitrogens is 2. The topological polar surface area (TPSA) is 65.2 Å². The van der Waals surface area contributed by atoms with Crippen molar-refractivity contribution in [1.82, 2.24) is 10.1 Å². The molecule has 0 amide bonds. The second-order valence-corrected chi connectivity index (χ2v) is 5.82. The Kier molecular flexibility index (Phi) is 5.51. The lowest BCUT2D eigenvalue weighted by Gasteiger charge is -2.15. The van der Waals surface area contributed by atoms with Crippen LogP contribution in [0.1, 0.15) is 65.1 Å². The third-order valence-corrected chi connectivity index (χ3v) is 2.86. The van der Waals surface area contributed by atoms with E-state index in [1.165, 1.54) is 0 Å². The Balaban J connectivity index is 2.69. The summed E-state index contributed by atoms with van der Waals surface area (Å²) < 4.78 is 10.2. The third kappa shape index (κ3) is 5.01. The zero-order chi connectivity index (χ0) is 14.5. The van der Waals surface area contributed by atoms with Gasteiger partial charge in [0.2, 0.25) is 5.89 Å². The maximum atomic E-state index is 11.8. The molecule has 19 heavy (non-hydrogen) atoms. The molecule has 1 rings (SSSR count). The van der Waals surface area contributed by atoms with E-state index >= 15 is 0 Å². The number of rotatable bonds is 6. The van der Waals surface area contributed by atoms with Gasteiger partial charge in [0.1, 0.15) is 5.92 Å². The first-order chi connectivity index (χ1) is 8.87. The SMILES string of the molecule is CCOC(=O)C(CC)c1nc(CCC(C)(C)C)no1. The van der Waals surface area contributed by atoms with Crippen LogP contribution < -0.4 is 0 Å². The van der Waals surface area contributed by atoms with Crippen LogP contribution in [0.3, 0.4) is 0 Å². The fraction of sp³-hybridized carbons (Fsp3) is 0.786. The molecule has 1 atom stereocenters. The Bertz CT molecular complexity index is 407. The van der Waals surface area contributed by atoms with Crippen molar-refractivity contribution in [3.8, 4) is 0 Å². The van der Waals surface area contributed by atoms with Crippen LogP contribution in [0.2, 0.25) is 0 Å². The van der Waals surface area contributed by atoms with E-state index < -0.39 is 5.92 Å². The van der Waals surface area contributed by atoms with Crippen LogP contribution >= 0.6 is 0 Å². The molecule has 5 heteroatoms. The average molecular weight is 268 g/mol. The summed E-state index contributed by atoms with van der Waals surface area (Å²) >= 11 is 0. The summed E-state index contributed by atoms with van der Waals surface area (Å²) in [6, 6.07) is 0. The number of carbonyl (C=O) groups is 1. The molecule has 0 aromatic carbocycles. The Morgan fingerprint density at radius 1 is 1.37 bits per heavy atom. The van der Waals surface area contributed by atoms with Crippen LogP contribution in [0, 0.1) is 5.41 Å². The molecule has 0 saturated carbocycles. The summed E-state index contributed by atoms with van der Waals surface area (Å²) in [5.74, 6) is 0.282. The van der Waals surface area contributed by atoms with Gasteiger partial charge in [-0.15, -0.1) is 0 Å². The van der Waals surface area contributed by atoms with Crippen molar-refractivity contribution in [2.75, 3.05) is 6.61 Å². The van der Waals surface area contributed by atoms with E-state index in [4.69, 9.17) is 9.26 Å². The highest BCUT2D eigenvalue weighted by molar-refractivity contribution is 5.76. The summed E-state index contributed by atoms with van der Waals surface area (Å²) in [6.45, 7) is 10.6. The average Bonchev–Trinajstić information content (AvgIpc) is 2.75. The maximum absolute atomic E-state index is 11.8. The van der Waals surface area contributed by atoms with Gasteiger partial charge in [-0.25, -0.2) is 0 Å². The Morgan fingerprint density at radius 3 is 2.58 bits per heavy atom. The molecule has 1 aromatic rings. The van der Waals surface area contributed by atoms with E-state index in [-0.39, 0.29) is 11.4 Å². The lowest BCUT2D eigenvalue weighted by molar-refractivity contribution is -0.145. The molecule has 0 spiro atoms. The van der Waals surface area contributed by atoms with Crippen LogP contribution in [-0.2, 0) is 16.0 Å². The van der Waals surface area contributed by atoms with Crippen LogP contribution in [0.5, 0.6) is 0 Å². The molecule has 5 nitrogen and oxygen atoms in total. The highest BCUT2D eigenvalue weighted by Gasteiger charge is 2.26. The molecular weight excluding hydrogens is 244 g/mol. The van der Waals surface area contributed by atoms with Gasteiger partial charge in [0.15, 0.2) is 5.82 Å². The van der Waals surface area contributed by atoms with Crippen molar-refractivity contribution in [3.05, 3.63) is 11.7 Å². The molecule has 0 radical (unpaired) electrons. The summed E-state index contributed by atoms with van der Waals surface area (Å²) in [7, 11) is 0. The second kappa shape index (κ2) is 6.68. The van der Waals surface area contributed by atoms with E-state index in [1.54, 1.807) is 6.92 Å². The minimum Gasteiger partial charge on any atom is -0.465 e. The number of hydrogen-bond donors (Lipinski definition) is 0. The standard InChI is InChI=1S/C14H24N2O3/c1-6-10(13(17)18-7-2)12-15-11(16-19-12)8-9-14(3,4)5/h10H,6-9H2,1-5H3. The van der Waals surface area contributed by atoms with E-state index in [0.717, 1.165) is 12.8 Å². The zero-order valence-electron chi connectivity index (χ0n) is 12.5. The monoisotopic (exact) mass is 268 g/mol. The Labute approximate surface area is 114 Å². The molecule has 0 N–H and O–H groups in total. The summed E-state index contributed by atoms with van der Waals surface area (Å²) in [5.41, 5.74) is 0.228. The number of nitrogens with zero attached hydrogens (tertiary/aromatic N) is 2. The normalized spacial score (nSPS) is 13.3. The van der Waals surface area contributed by atoms with Crippen molar-refractivity contribution < 1.29 is 14.1 Å². The fourth-order valence-electron chi connectivity index (χ4n) is 1.68. The molecule has 0 aliphatic heterocycles. The first-order valence-electron chi connectivity index (χ1n) is 6.86. The van der Waals surface area contributed by atoms with Crippen molar-refractivity contribution in [3.63, 3.8) is 0 Å². The lowest BCUT2D eigenvalue weighted by atomic mass is 9.90. The van der Waals surface area contributed by atoms with Gasteiger partial charge in [-0.2, -0.15) is 4.98 Å². The number of esters is 1. The van der Waals surface area contributed by atoms with Gasteiger partial charge in [-0.05, 0) is 25.2 Å². The smallest absolute Gasteiger partial charge is 0.318 e. The second-order valence-electron chi connectivity index (χ2n) is 5.82. The van der Waals surface area contributed by atoms with E-state index in [2.05, 4.69) is 30.9 Å². The van der Waals surface area contributed by atoms with Crippen LogP contribution in [0.25, 0.3) is 0 Å². The lowest BCUT2D eigenvalue weighted by Crippen LogP contribution is -2.15. The predicted octanol–water partition coefficient (Wildman–Crippen LogP) is 3.11. The van der Waals surface area contributed by atoms with Gasteiger partial charge in [0.05, 0.1) is 6.61 Å². The van der Waals surface area contributed by atoms with E-state index in [1.807, 2.05) is 6.92 Å². The molecule has 0 aliphatic carbocycles. The van der Waals surface area contributed by atoms with Gasteiger partial charge in [-0.1, -0.05) is 32.9 Å². The summed E-state index contributed by atoms with van der Waals surface area (Å²) in [5, 5.41) is 3.94. The van der Waals surface area contributed by atoms with Crippen LogP contribution in [0.15, 0.2) is 4.52 Å². The zero-order valence-corrected chi connectivity index (χ0v) is 12.5. The Hall–Kier alpha value is -1.39. The van der Waals surface area contributed by atoms with Gasteiger partial charge < -0.3 is 9.26 Å². The molecule has 108 valence electrons. The van der Waals surface area contributed by atoms with Gasteiger partial charge in [0, 0.05) is 6.42 Å². The summed E-state index contributed by atoms with van der Waals surface area (Å²) in [6.07, 6.45) is 2.33. The van der Waals surface area contributed by atoms with Gasteiger partial charge in [-0.3, -0.25) is 4.79 Å². The molecular formula is C14H24N2O3. The maximum Gasteiger partial charge on any atom is 0.318 e. The van der Waals surface area contributed by atoms with Crippen molar-refractivity contribution in [2.24, 2.45) is 5.41 Å². The largest absolute Gasteiger partial charge is 0.465 e. The molecule has 1 aromatic heterocycles. The third-order valence-electron chi connectivity index (χ3n) is 2.86. The molecule has 0 fully saturated rings. The molecule has 0 aliphatic rings. The number of hydrogen-bond acceptors (Lipinski definition) is 5. The quantitative estimate of drug-likeness (QED) is 0.742. The Morgan fingerprint density at radius 2 is 2.05 bits per heavy atom.